The molecule has 0 aliphatic carbocycles. The highest BCUT2D eigenvalue weighted by molar-refractivity contribution is 5.99. The van der Waals surface area contributed by atoms with E-state index >= 15 is 0 Å². The monoisotopic (exact) mass is 1150 g/mol. The van der Waals surface area contributed by atoms with E-state index in [0.717, 1.165) is 10.9 Å². The van der Waals surface area contributed by atoms with Gasteiger partial charge >= 0.3 is 11.9 Å². The summed E-state index contributed by atoms with van der Waals surface area (Å²) in [5, 5.41) is 50.5. The maximum atomic E-state index is 14.6. The number of hydrogen-bond donors (Lipinski definition) is 15. The van der Waals surface area contributed by atoms with Crippen molar-refractivity contribution in [3.05, 3.63) is 102 Å². The van der Waals surface area contributed by atoms with Crippen LogP contribution >= 0.6 is 0 Å². The minimum atomic E-state index is -1.84. The number of benzene rings is 3. The summed E-state index contributed by atoms with van der Waals surface area (Å²) >= 11 is 0. The van der Waals surface area contributed by atoms with Crippen molar-refractivity contribution in [2.75, 3.05) is 13.1 Å². The third-order valence-corrected chi connectivity index (χ3v) is 13.6. The van der Waals surface area contributed by atoms with E-state index in [1.807, 2.05) is 18.2 Å². The van der Waals surface area contributed by atoms with Crippen LogP contribution in [0.2, 0.25) is 0 Å². The molecule has 1 aromatic heterocycles. The van der Waals surface area contributed by atoms with E-state index in [1.165, 1.54) is 24.3 Å². The molecule has 0 saturated heterocycles. The molecule has 0 bridgehead atoms. The fourth-order valence-corrected chi connectivity index (χ4v) is 8.89. The SMILES string of the molecule is CC[C@H](C)[C@H](NC(=O)[C@H](Cc1ccc(O)cc1)NC(=O)[C@H](CC(C)C)NC(=O)[C@H](CCCCN)NC(=O)[C@H](CC(=O)O)NC(=O)[C@H](Cc1ccccc1)NC(=O)[C@@H](N)CC(N)=O)C(=O)N[C@@H](Cc1c[nH]c2ccccc12)C(=O)NCC(=O)O. The van der Waals surface area contributed by atoms with Gasteiger partial charge in [0.2, 0.25) is 53.2 Å². The third kappa shape index (κ3) is 22.2. The van der Waals surface area contributed by atoms with Gasteiger partial charge in [-0.15, -0.1) is 0 Å². The van der Waals surface area contributed by atoms with Gasteiger partial charge < -0.3 is 80.0 Å². The molecule has 0 fully saturated rings. The molecule has 0 saturated carbocycles. The van der Waals surface area contributed by atoms with E-state index in [2.05, 4.69) is 47.5 Å². The maximum absolute atomic E-state index is 14.6. The number of aromatic hydroxyl groups is 1. The molecule has 18 N–H and O–H groups in total. The average Bonchev–Trinajstić information content (AvgIpc) is 3.92. The van der Waals surface area contributed by atoms with Gasteiger partial charge in [0.1, 0.15) is 54.6 Å². The molecule has 26 heteroatoms. The van der Waals surface area contributed by atoms with Gasteiger partial charge in [0.05, 0.1) is 18.9 Å². The molecule has 0 radical (unpaired) electrons. The molecule has 0 aliphatic heterocycles. The zero-order valence-electron chi connectivity index (χ0n) is 46.9. The van der Waals surface area contributed by atoms with Crippen molar-refractivity contribution in [2.45, 2.75) is 140 Å². The number of aromatic amines is 1. The van der Waals surface area contributed by atoms with Gasteiger partial charge in [0.25, 0.3) is 0 Å². The Morgan fingerprint density at radius 3 is 1.67 bits per heavy atom. The number of carbonyl (C=O) groups excluding carboxylic acids is 9. The number of carbonyl (C=O) groups is 11. The number of phenolic OH excluding ortho intramolecular Hbond substituents is 1. The summed E-state index contributed by atoms with van der Waals surface area (Å²) in [4.78, 5) is 151. The smallest absolute Gasteiger partial charge is 0.322 e. The lowest BCUT2D eigenvalue weighted by Gasteiger charge is -2.30. The number of aliphatic carboxylic acids is 2. The molecule has 4 rings (SSSR count). The Bertz CT molecular complexity index is 2880. The number of nitrogens with one attached hydrogen (secondary N) is 9. The number of rotatable bonds is 35. The number of carboxylic acids is 2. The van der Waals surface area contributed by atoms with Crippen LogP contribution in [0.1, 0.15) is 89.3 Å². The Balaban J connectivity index is 1.62. The molecule has 9 amide bonds. The summed E-state index contributed by atoms with van der Waals surface area (Å²) in [6.07, 6.45) is 0.517. The number of H-pyrrole nitrogens is 1. The summed E-state index contributed by atoms with van der Waals surface area (Å²) < 4.78 is 0. The number of para-hydroxylation sites is 1. The first-order valence-electron chi connectivity index (χ1n) is 27.3. The van der Waals surface area contributed by atoms with Crippen LogP contribution in [0.25, 0.3) is 10.9 Å². The van der Waals surface area contributed by atoms with Crippen LogP contribution in [-0.4, -0.2) is 147 Å². The number of primary amides is 1. The lowest BCUT2D eigenvalue weighted by atomic mass is 9.96. The summed E-state index contributed by atoms with van der Waals surface area (Å²) in [5.74, 6) is -12.0. The highest BCUT2D eigenvalue weighted by atomic mass is 16.4. The number of phenols is 1. The predicted molar refractivity (Wildman–Crippen MR) is 304 cm³/mol. The van der Waals surface area contributed by atoms with E-state index in [4.69, 9.17) is 17.2 Å². The number of carboxylic acid groups (broad SMARTS) is 2. The van der Waals surface area contributed by atoms with Gasteiger partial charge in [-0.1, -0.05) is 94.8 Å². The molecule has 3 aromatic carbocycles. The van der Waals surface area contributed by atoms with Crippen molar-refractivity contribution >= 4 is 76.0 Å². The van der Waals surface area contributed by atoms with E-state index in [0.29, 0.717) is 29.5 Å². The first kappa shape index (κ1) is 66.6. The first-order chi connectivity index (χ1) is 39.4. The van der Waals surface area contributed by atoms with Crippen molar-refractivity contribution < 1.29 is 68.1 Å². The van der Waals surface area contributed by atoms with Crippen molar-refractivity contribution in [1.82, 2.24) is 47.5 Å². The average molecular weight is 1160 g/mol. The first-order valence-corrected chi connectivity index (χ1v) is 27.3. The number of unbranched alkanes of at least 4 members (excludes halogenated alkanes) is 1. The minimum absolute atomic E-state index is 0.0242. The van der Waals surface area contributed by atoms with Crippen LogP contribution in [0.4, 0.5) is 0 Å². The summed E-state index contributed by atoms with van der Waals surface area (Å²) in [7, 11) is 0. The molecule has 0 spiro atoms. The molecule has 9 atom stereocenters. The maximum Gasteiger partial charge on any atom is 0.322 e. The highest BCUT2D eigenvalue weighted by Gasteiger charge is 2.37. The highest BCUT2D eigenvalue weighted by Crippen LogP contribution is 2.21. The van der Waals surface area contributed by atoms with Gasteiger partial charge in [-0.2, -0.15) is 0 Å². The van der Waals surface area contributed by atoms with Gasteiger partial charge in [-0.3, -0.25) is 52.7 Å². The molecule has 0 unspecified atom stereocenters. The van der Waals surface area contributed by atoms with Crippen molar-refractivity contribution in [2.24, 2.45) is 29.0 Å². The van der Waals surface area contributed by atoms with Gasteiger partial charge in [0, 0.05) is 36.4 Å². The lowest BCUT2D eigenvalue weighted by molar-refractivity contribution is -0.141. The number of amides is 9. The standard InChI is InChI=1S/C57H78N12O14/c1-5-32(4)49(57(83)68-44(51(77)62-30-48(74)75)26-35-29-61-39-16-10-9-15-37(35)39)69-56(82)43(25-34-18-20-36(70)21-19-34)66-53(79)41(23-31(2)3)65-52(78)40(17-11-12-22-58)63-55(81)45(28-47(72)73)67-54(80)42(24-33-13-7-6-8-14-33)64-50(76)38(59)27-46(60)71/h6-10,13-16,18-21,29,31-32,38,40-45,49,61,70H,5,11-12,17,22-28,30,58-59H2,1-4H3,(H2,60,71)(H,62,77)(H,63,81)(H,64,76)(H,65,78)(H,66,79)(H,67,80)(H,68,83)(H,69,82)(H,72,73)(H,74,75)/t32-,38-,40-,41-,42-,43-,44-,45-,49-/m0/s1. The molecule has 450 valence electrons. The zero-order chi connectivity index (χ0) is 61.3. The van der Waals surface area contributed by atoms with Crippen LogP contribution in [0.15, 0.2) is 85.1 Å². The Labute approximate surface area is 480 Å². The Morgan fingerprint density at radius 1 is 0.554 bits per heavy atom. The molecule has 1 heterocycles. The third-order valence-electron chi connectivity index (χ3n) is 13.6. The Morgan fingerprint density at radius 2 is 1.07 bits per heavy atom. The molecule has 0 aliphatic rings. The predicted octanol–water partition coefficient (Wildman–Crippen LogP) is -0.606. The fraction of sp³-hybridized carbons (Fsp3) is 0.456. The Hall–Kier alpha value is -8.91. The van der Waals surface area contributed by atoms with E-state index in [-0.39, 0.29) is 56.7 Å². The molecule has 26 nitrogen and oxygen atoms in total. The van der Waals surface area contributed by atoms with E-state index in [9.17, 15) is 68.1 Å². The summed E-state index contributed by atoms with van der Waals surface area (Å²) in [6.45, 7) is 6.41. The number of hydrogen-bond acceptors (Lipinski definition) is 14. The van der Waals surface area contributed by atoms with E-state index < -0.39 is 139 Å². The largest absolute Gasteiger partial charge is 0.508 e. The van der Waals surface area contributed by atoms with Gasteiger partial charge in [0.15, 0.2) is 0 Å². The molecule has 83 heavy (non-hydrogen) atoms. The lowest BCUT2D eigenvalue weighted by Crippen LogP contribution is -2.61. The number of fused-ring (bicyclic) bond motifs is 1. The van der Waals surface area contributed by atoms with Crippen LogP contribution in [0.5, 0.6) is 5.75 Å². The molecular weight excluding hydrogens is 1080 g/mol. The summed E-state index contributed by atoms with van der Waals surface area (Å²) in [6, 6.07) is 9.59. The van der Waals surface area contributed by atoms with Gasteiger partial charge in [-0.05, 0) is 79.0 Å². The molecule has 4 aromatic rings. The van der Waals surface area contributed by atoms with Crippen LogP contribution in [-0.2, 0) is 72.0 Å². The fourth-order valence-electron chi connectivity index (χ4n) is 8.89. The normalized spacial score (nSPS) is 14.4. The van der Waals surface area contributed by atoms with Gasteiger partial charge in [-0.25, -0.2) is 0 Å². The number of aromatic nitrogens is 1. The van der Waals surface area contributed by atoms with Crippen molar-refractivity contribution in [3.63, 3.8) is 0 Å². The second-order valence-electron chi connectivity index (χ2n) is 20.8. The quantitative estimate of drug-likeness (QED) is 0.0256. The summed E-state index contributed by atoms with van der Waals surface area (Å²) in [5.41, 5.74) is 19.2. The minimum Gasteiger partial charge on any atom is -0.508 e. The number of nitrogens with two attached hydrogens (primary N) is 3. The zero-order valence-corrected chi connectivity index (χ0v) is 46.9. The second kappa shape index (κ2) is 33.1. The van der Waals surface area contributed by atoms with Crippen molar-refractivity contribution in [1.29, 1.82) is 0 Å². The van der Waals surface area contributed by atoms with Crippen LogP contribution < -0.4 is 59.7 Å². The Kier molecular flexibility index (Phi) is 26.6. The molecular formula is C57H78N12O14. The topological polar surface area (TPSA) is 439 Å². The van der Waals surface area contributed by atoms with Crippen molar-refractivity contribution in [3.8, 4) is 5.75 Å². The van der Waals surface area contributed by atoms with Crippen LogP contribution in [0.3, 0.4) is 0 Å². The second-order valence-corrected chi connectivity index (χ2v) is 20.8. The van der Waals surface area contributed by atoms with E-state index in [1.54, 1.807) is 70.3 Å². The van der Waals surface area contributed by atoms with Crippen LogP contribution in [0, 0.1) is 11.8 Å².